The molecule has 3 aromatic rings. The number of carbonyl (C=O) groups is 1. The van der Waals surface area contributed by atoms with Crippen LogP contribution in [0, 0.1) is 6.92 Å². The van der Waals surface area contributed by atoms with E-state index < -0.39 is 0 Å². The fourth-order valence-electron chi connectivity index (χ4n) is 2.45. The average molecular weight is 396 g/mol. The summed E-state index contributed by atoms with van der Waals surface area (Å²) in [5, 5.41) is 6.11. The first-order valence-electron chi connectivity index (χ1n) is 7.92. The van der Waals surface area contributed by atoms with E-state index in [1.165, 1.54) is 5.56 Å². The molecule has 0 saturated heterocycles. The lowest BCUT2D eigenvalue weighted by Gasteiger charge is -2.08. The first-order valence-corrected chi connectivity index (χ1v) is 8.72. The molecule has 0 atom stereocenters. The van der Waals surface area contributed by atoms with Gasteiger partial charge in [0.1, 0.15) is 5.82 Å². The number of aryl methyl sites for hydroxylation is 1. The van der Waals surface area contributed by atoms with Crippen LogP contribution in [0.2, 0.25) is 0 Å². The lowest BCUT2D eigenvalue weighted by molar-refractivity contribution is -0.115. The predicted octanol–water partition coefficient (Wildman–Crippen LogP) is 5.08. The number of benzene rings is 2. The Morgan fingerprint density at radius 2 is 1.88 bits per heavy atom. The first kappa shape index (κ1) is 17.2. The molecular formula is C20H18BrN3O. The summed E-state index contributed by atoms with van der Waals surface area (Å²) in [6, 6.07) is 19.5. The number of pyridine rings is 1. The SMILES string of the molecule is Cc1cccc(Nc2ccc(NC(=O)Cc3cccc(Br)c3)cn2)c1. The van der Waals surface area contributed by atoms with Crippen molar-refractivity contribution >= 4 is 39.0 Å². The van der Waals surface area contributed by atoms with Crippen LogP contribution in [0.4, 0.5) is 17.2 Å². The maximum atomic E-state index is 12.1. The third-order valence-electron chi connectivity index (χ3n) is 3.59. The van der Waals surface area contributed by atoms with Gasteiger partial charge in [-0.3, -0.25) is 4.79 Å². The number of rotatable bonds is 5. The summed E-state index contributed by atoms with van der Waals surface area (Å²) in [7, 11) is 0. The minimum absolute atomic E-state index is 0.0701. The number of aromatic nitrogens is 1. The van der Waals surface area contributed by atoms with Gasteiger partial charge >= 0.3 is 0 Å². The Morgan fingerprint density at radius 3 is 2.60 bits per heavy atom. The largest absolute Gasteiger partial charge is 0.340 e. The van der Waals surface area contributed by atoms with E-state index in [9.17, 15) is 4.79 Å². The zero-order valence-corrected chi connectivity index (χ0v) is 15.4. The third-order valence-corrected chi connectivity index (χ3v) is 4.08. The number of nitrogens with one attached hydrogen (secondary N) is 2. The van der Waals surface area contributed by atoms with Crippen molar-refractivity contribution in [3.05, 3.63) is 82.5 Å². The van der Waals surface area contributed by atoms with E-state index in [2.05, 4.69) is 37.6 Å². The second-order valence-corrected chi connectivity index (χ2v) is 6.70. The van der Waals surface area contributed by atoms with Gasteiger partial charge in [0.05, 0.1) is 18.3 Å². The second kappa shape index (κ2) is 7.94. The van der Waals surface area contributed by atoms with Crippen molar-refractivity contribution < 1.29 is 4.79 Å². The maximum absolute atomic E-state index is 12.1. The fraction of sp³-hybridized carbons (Fsp3) is 0.100. The molecule has 0 spiro atoms. The number of hydrogen-bond acceptors (Lipinski definition) is 3. The highest BCUT2D eigenvalue weighted by Gasteiger charge is 2.05. The summed E-state index contributed by atoms with van der Waals surface area (Å²) in [5.74, 6) is 0.662. The van der Waals surface area contributed by atoms with Crippen LogP contribution in [0.1, 0.15) is 11.1 Å². The Labute approximate surface area is 155 Å². The van der Waals surface area contributed by atoms with Crippen molar-refractivity contribution in [3.8, 4) is 0 Å². The minimum atomic E-state index is -0.0701. The molecule has 0 unspecified atom stereocenters. The average Bonchev–Trinajstić information content (AvgIpc) is 2.57. The van der Waals surface area contributed by atoms with Gasteiger partial charge in [0.25, 0.3) is 0 Å². The summed E-state index contributed by atoms with van der Waals surface area (Å²) in [6.45, 7) is 2.04. The first-order chi connectivity index (χ1) is 12.1. The molecule has 3 rings (SSSR count). The maximum Gasteiger partial charge on any atom is 0.228 e. The second-order valence-electron chi connectivity index (χ2n) is 5.78. The Kier molecular flexibility index (Phi) is 5.46. The third kappa shape index (κ3) is 5.16. The lowest BCUT2D eigenvalue weighted by atomic mass is 10.1. The molecule has 2 N–H and O–H groups in total. The van der Waals surface area contributed by atoms with E-state index in [-0.39, 0.29) is 5.91 Å². The van der Waals surface area contributed by atoms with Gasteiger partial charge in [-0.25, -0.2) is 4.98 Å². The number of amides is 1. The van der Waals surface area contributed by atoms with Crippen LogP contribution >= 0.6 is 15.9 Å². The van der Waals surface area contributed by atoms with Crippen molar-refractivity contribution in [1.82, 2.24) is 4.98 Å². The van der Waals surface area contributed by atoms with Crippen LogP contribution in [0.25, 0.3) is 0 Å². The van der Waals surface area contributed by atoms with Crippen molar-refractivity contribution in [1.29, 1.82) is 0 Å². The minimum Gasteiger partial charge on any atom is -0.340 e. The predicted molar refractivity (Wildman–Crippen MR) is 105 cm³/mol. The molecule has 126 valence electrons. The molecule has 2 aromatic carbocycles. The normalized spacial score (nSPS) is 10.3. The highest BCUT2D eigenvalue weighted by Crippen LogP contribution is 2.18. The molecule has 0 aliphatic heterocycles. The van der Waals surface area contributed by atoms with Gasteiger partial charge in [0.15, 0.2) is 0 Å². The number of hydrogen-bond donors (Lipinski definition) is 2. The van der Waals surface area contributed by atoms with E-state index in [1.807, 2.05) is 61.5 Å². The van der Waals surface area contributed by atoms with E-state index >= 15 is 0 Å². The molecule has 5 heteroatoms. The van der Waals surface area contributed by atoms with Crippen molar-refractivity contribution in [2.45, 2.75) is 13.3 Å². The van der Waals surface area contributed by atoms with Crippen LogP contribution in [0.15, 0.2) is 71.3 Å². The van der Waals surface area contributed by atoms with Crippen LogP contribution in [0.3, 0.4) is 0 Å². The van der Waals surface area contributed by atoms with Crippen LogP contribution in [0.5, 0.6) is 0 Å². The van der Waals surface area contributed by atoms with Gasteiger partial charge in [0, 0.05) is 10.2 Å². The molecule has 0 aliphatic rings. The Morgan fingerprint density at radius 1 is 1.04 bits per heavy atom. The topological polar surface area (TPSA) is 54.0 Å². The molecule has 0 aliphatic carbocycles. The van der Waals surface area contributed by atoms with E-state index in [0.29, 0.717) is 12.1 Å². The van der Waals surface area contributed by atoms with E-state index in [1.54, 1.807) is 6.20 Å². The summed E-state index contributed by atoms with van der Waals surface area (Å²) in [5.41, 5.74) is 3.80. The molecule has 0 radical (unpaired) electrons. The number of carbonyl (C=O) groups excluding carboxylic acids is 1. The van der Waals surface area contributed by atoms with Crippen molar-refractivity contribution in [2.75, 3.05) is 10.6 Å². The van der Waals surface area contributed by atoms with E-state index in [4.69, 9.17) is 0 Å². The van der Waals surface area contributed by atoms with Gasteiger partial charge < -0.3 is 10.6 Å². The summed E-state index contributed by atoms with van der Waals surface area (Å²) >= 11 is 3.41. The zero-order chi connectivity index (χ0) is 17.6. The van der Waals surface area contributed by atoms with Gasteiger partial charge in [-0.05, 0) is 54.4 Å². The van der Waals surface area contributed by atoms with Crippen LogP contribution in [-0.2, 0) is 11.2 Å². The smallest absolute Gasteiger partial charge is 0.228 e. The molecule has 25 heavy (non-hydrogen) atoms. The van der Waals surface area contributed by atoms with E-state index in [0.717, 1.165) is 21.5 Å². The Bertz CT molecular complexity index is 878. The Hall–Kier alpha value is -2.66. The standard InChI is InChI=1S/C20H18BrN3O/c1-14-4-2-7-17(10-14)23-19-9-8-18(13-22-19)24-20(25)12-15-5-3-6-16(21)11-15/h2-11,13H,12H2,1H3,(H,22,23)(H,24,25). The van der Waals surface area contributed by atoms with Crippen LogP contribution in [-0.4, -0.2) is 10.9 Å². The number of halogens is 1. The summed E-state index contributed by atoms with van der Waals surface area (Å²) in [6.07, 6.45) is 1.97. The lowest BCUT2D eigenvalue weighted by Crippen LogP contribution is -2.14. The monoisotopic (exact) mass is 395 g/mol. The van der Waals surface area contributed by atoms with Gasteiger partial charge in [-0.1, -0.05) is 40.2 Å². The summed E-state index contributed by atoms with van der Waals surface area (Å²) in [4.78, 5) is 16.5. The fourth-order valence-corrected chi connectivity index (χ4v) is 2.90. The van der Waals surface area contributed by atoms with Crippen molar-refractivity contribution in [2.24, 2.45) is 0 Å². The quantitative estimate of drug-likeness (QED) is 0.633. The molecule has 1 aromatic heterocycles. The highest BCUT2D eigenvalue weighted by molar-refractivity contribution is 9.10. The molecule has 0 saturated carbocycles. The highest BCUT2D eigenvalue weighted by atomic mass is 79.9. The van der Waals surface area contributed by atoms with Gasteiger partial charge in [-0.2, -0.15) is 0 Å². The zero-order valence-electron chi connectivity index (χ0n) is 13.8. The summed E-state index contributed by atoms with van der Waals surface area (Å²) < 4.78 is 0.964. The molecule has 1 amide bonds. The van der Waals surface area contributed by atoms with Gasteiger partial charge in [-0.15, -0.1) is 0 Å². The van der Waals surface area contributed by atoms with Gasteiger partial charge in [0.2, 0.25) is 5.91 Å². The number of nitrogens with zero attached hydrogens (tertiary/aromatic N) is 1. The molecule has 0 bridgehead atoms. The Balaban J connectivity index is 1.59. The molecular weight excluding hydrogens is 378 g/mol. The van der Waals surface area contributed by atoms with Crippen LogP contribution < -0.4 is 10.6 Å². The molecule has 0 fully saturated rings. The van der Waals surface area contributed by atoms with Crippen molar-refractivity contribution in [3.63, 3.8) is 0 Å². The number of anilines is 3. The molecule has 1 heterocycles. The molecule has 4 nitrogen and oxygen atoms in total.